The third-order valence-corrected chi connectivity index (χ3v) is 2.96. The highest BCUT2D eigenvalue weighted by Gasteiger charge is 2.10. The maximum absolute atomic E-state index is 5.41. The lowest BCUT2D eigenvalue weighted by Gasteiger charge is -2.08. The number of para-hydroxylation sites is 1. The average molecular weight is 217 g/mol. The molecule has 1 heterocycles. The molecule has 0 saturated heterocycles. The first-order valence-corrected chi connectivity index (χ1v) is 5.74. The van der Waals surface area contributed by atoms with E-state index in [1.807, 2.05) is 12.1 Å². The molecule has 0 aliphatic rings. The lowest BCUT2D eigenvalue weighted by Crippen LogP contribution is -2.01. The van der Waals surface area contributed by atoms with Crippen molar-refractivity contribution in [2.75, 3.05) is 7.11 Å². The van der Waals surface area contributed by atoms with Gasteiger partial charge in [0, 0.05) is 18.1 Å². The van der Waals surface area contributed by atoms with Crippen LogP contribution in [0.3, 0.4) is 0 Å². The molecule has 0 aliphatic heterocycles. The molecule has 0 spiro atoms. The fraction of sp³-hybridized carbons (Fsp3) is 0.429. The quantitative estimate of drug-likeness (QED) is 0.768. The molecule has 0 bridgehead atoms. The minimum Gasteiger partial charge on any atom is -0.495 e. The summed E-state index contributed by atoms with van der Waals surface area (Å²) in [6, 6.07) is 8.46. The third kappa shape index (κ3) is 1.80. The highest BCUT2D eigenvalue weighted by atomic mass is 16.5. The van der Waals surface area contributed by atoms with Crippen LogP contribution in [0.1, 0.15) is 19.5 Å². The summed E-state index contributed by atoms with van der Waals surface area (Å²) in [6.07, 6.45) is 1.11. The number of hydrogen-bond donors (Lipinski definition) is 0. The Labute approximate surface area is 96.8 Å². The maximum atomic E-state index is 5.41. The maximum Gasteiger partial charge on any atom is 0.143 e. The van der Waals surface area contributed by atoms with Crippen LogP contribution in [-0.4, -0.2) is 11.7 Å². The monoisotopic (exact) mass is 217 g/mol. The molecule has 0 fully saturated rings. The van der Waals surface area contributed by atoms with Crippen LogP contribution in [0.15, 0.2) is 24.3 Å². The zero-order valence-electron chi connectivity index (χ0n) is 10.4. The van der Waals surface area contributed by atoms with Gasteiger partial charge in [0.15, 0.2) is 0 Å². The Bertz CT molecular complexity index is 497. The number of aromatic nitrogens is 1. The van der Waals surface area contributed by atoms with Crippen molar-refractivity contribution >= 4 is 10.9 Å². The fourth-order valence-corrected chi connectivity index (χ4v) is 2.21. The van der Waals surface area contributed by atoms with E-state index in [-0.39, 0.29) is 0 Å². The molecular weight excluding hydrogens is 198 g/mol. The van der Waals surface area contributed by atoms with Gasteiger partial charge in [-0.25, -0.2) is 0 Å². The van der Waals surface area contributed by atoms with Crippen LogP contribution in [0.2, 0.25) is 0 Å². The summed E-state index contributed by atoms with van der Waals surface area (Å²) in [4.78, 5) is 0. The normalized spacial score (nSPS) is 11.3. The van der Waals surface area contributed by atoms with E-state index in [0.717, 1.165) is 12.2 Å². The lowest BCUT2D eigenvalue weighted by atomic mass is 10.1. The van der Waals surface area contributed by atoms with Gasteiger partial charge in [0.25, 0.3) is 0 Å². The molecule has 1 aromatic heterocycles. The van der Waals surface area contributed by atoms with E-state index in [1.165, 1.54) is 16.6 Å². The van der Waals surface area contributed by atoms with Crippen molar-refractivity contribution in [1.29, 1.82) is 0 Å². The van der Waals surface area contributed by atoms with Gasteiger partial charge in [0.05, 0.1) is 12.6 Å². The first kappa shape index (κ1) is 11.1. The van der Waals surface area contributed by atoms with Gasteiger partial charge in [-0.05, 0) is 24.5 Å². The molecule has 0 saturated carbocycles. The summed E-state index contributed by atoms with van der Waals surface area (Å²) in [5.41, 5.74) is 2.56. The molecule has 0 radical (unpaired) electrons. The molecule has 2 heteroatoms. The molecule has 0 N–H and O–H groups in total. The van der Waals surface area contributed by atoms with Gasteiger partial charge in [-0.15, -0.1) is 0 Å². The molecule has 2 aromatic rings. The number of fused-ring (bicyclic) bond motifs is 1. The number of nitrogens with zero attached hydrogens (tertiary/aromatic N) is 1. The summed E-state index contributed by atoms with van der Waals surface area (Å²) in [7, 11) is 3.84. The van der Waals surface area contributed by atoms with E-state index in [4.69, 9.17) is 4.74 Å². The Morgan fingerprint density at radius 1 is 1.31 bits per heavy atom. The van der Waals surface area contributed by atoms with Crippen molar-refractivity contribution in [2.45, 2.75) is 20.3 Å². The van der Waals surface area contributed by atoms with Crippen molar-refractivity contribution in [3.8, 4) is 5.75 Å². The Hall–Kier alpha value is -1.44. The predicted molar refractivity (Wildman–Crippen MR) is 68.0 cm³/mol. The minimum atomic E-state index is 0.675. The predicted octanol–water partition coefficient (Wildman–Crippen LogP) is 3.39. The number of methoxy groups -OCH3 is 1. The Balaban J connectivity index is 2.59. The van der Waals surface area contributed by atoms with Crippen molar-refractivity contribution in [3.05, 3.63) is 30.0 Å². The summed E-state index contributed by atoms with van der Waals surface area (Å²) in [6.45, 7) is 4.49. The number of ether oxygens (including phenoxy) is 1. The van der Waals surface area contributed by atoms with Crippen molar-refractivity contribution in [1.82, 2.24) is 4.57 Å². The first-order chi connectivity index (χ1) is 7.63. The van der Waals surface area contributed by atoms with Crippen LogP contribution in [-0.2, 0) is 13.5 Å². The second-order valence-electron chi connectivity index (χ2n) is 4.69. The molecular formula is C14H19NO. The van der Waals surface area contributed by atoms with Crippen molar-refractivity contribution < 1.29 is 4.74 Å². The van der Waals surface area contributed by atoms with E-state index >= 15 is 0 Å². The summed E-state index contributed by atoms with van der Waals surface area (Å²) >= 11 is 0. The van der Waals surface area contributed by atoms with Crippen LogP contribution in [0, 0.1) is 5.92 Å². The molecule has 86 valence electrons. The van der Waals surface area contributed by atoms with Gasteiger partial charge in [0.1, 0.15) is 5.75 Å². The molecule has 16 heavy (non-hydrogen) atoms. The number of rotatable bonds is 3. The van der Waals surface area contributed by atoms with Gasteiger partial charge < -0.3 is 9.30 Å². The van der Waals surface area contributed by atoms with E-state index in [0.29, 0.717) is 5.92 Å². The molecule has 0 amide bonds. The van der Waals surface area contributed by atoms with Crippen LogP contribution in [0.25, 0.3) is 10.9 Å². The topological polar surface area (TPSA) is 14.2 Å². The van der Waals surface area contributed by atoms with Crippen LogP contribution < -0.4 is 4.74 Å². The van der Waals surface area contributed by atoms with Gasteiger partial charge in [-0.2, -0.15) is 0 Å². The van der Waals surface area contributed by atoms with Crippen LogP contribution in [0.4, 0.5) is 0 Å². The van der Waals surface area contributed by atoms with E-state index in [1.54, 1.807) is 7.11 Å². The van der Waals surface area contributed by atoms with E-state index in [9.17, 15) is 0 Å². The van der Waals surface area contributed by atoms with E-state index < -0.39 is 0 Å². The Morgan fingerprint density at radius 2 is 2.06 bits per heavy atom. The SMILES string of the molecule is COc1cccc2cc(CC(C)C)n(C)c12. The second-order valence-corrected chi connectivity index (χ2v) is 4.69. The van der Waals surface area contributed by atoms with Crippen molar-refractivity contribution in [2.24, 2.45) is 13.0 Å². The second kappa shape index (κ2) is 4.20. The summed E-state index contributed by atoms with van der Waals surface area (Å²) in [5, 5.41) is 1.26. The molecule has 0 unspecified atom stereocenters. The minimum absolute atomic E-state index is 0.675. The van der Waals surface area contributed by atoms with Gasteiger partial charge >= 0.3 is 0 Å². The molecule has 2 rings (SSSR count). The Morgan fingerprint density at radius 3 is 2.69 bits per heavy atom. The molecule has 0 atom stereocenters. The highest BCUT2D eigenvalue weighted by molar-refractivity contribution is 5.87. The largest absolute Gasteiger partial charge is 0.495 e. The summed E-state index contributed by atoms with van der Waals surface area (Å²) < 4.78 is 7.65. The standard InChI is InChI=1S/C14H19NO/c1-10(2)8-12-9-11-6-5-7-13(16-4)14(11)15(12)3/h5-7,9-10H,8H2,1-4H3. The molecule has 2 nitrogen and oxygen atoms in total. The molecule has 0 aliphatic carbocycles. The number of hydrogen-bond acceptors (Lipinski definition) is 1. The molecule has 1 aromatic carbocycles. The number of benzene rings is 1. The number of aryl methyl sites for hydroxylation is 1. The first-order valence-electron chi connectivity index (χ1n) is 5.74. The Kier molecular flexibility index (Phi) is 2.90. The van der Waals surface area contributed by atoms with E-state index in [2.05, 4.69) is 37.6 Å². The van der Waals surface area contributed by atoms with Crippen LogP contribution >= 0.6 is 0 Å². The van der Waals surface area contributed by atoms with Gasteiger partial charge in [-0.3, -0.25) is 0 Å². The highest BCUT2D eigenvalue weighted by Crippen LogP contribution is 2.28. The lowest BCUT2D eigenvalue weighted by molar-refractivity contribution is 0.417. The zero-order valence-corrected chi connectivity index (χ0v) is 10.4. The van der Waals surface area contributed by atoms with Gasteiger partial charge in [-0.1, -0.05) is 26.0 Å². The third-order valence-electron chi connectivity index (χ3n) is 2.96. The van der Waals surface area contributed by atoms with Crippen molar-refractivity contribution in [3.63, 3.8) is 0 Å². The zero-order chi connectivity index (χ0) is 11.7. The average Bonchev–Trinajstić information content (AvgIpc) is 2.55. The smallest absolute Gasteiger partial charge is 0.143 e. The van der Waals surface area contributed by atoms with Crippen LogP contribution in [0.5, 0.6) is 5.75 Å². The van der Waals surface area contributed by atoms with Gasteiger partial charge in [0.2, 0.25) is 0 Å². The fourth-order valence-electron chi connectivity index (χ4n) is 2.21. The summed E-state index contributed by atoms with van der Waals surface area (Å²) in [5.74, 6) is 1.63.